The van der Waals surface area contributed by atoms with Crippen LogP contribution < -0.4 is 15.5 Å². The Labute approximate surface area is 125 Å². The van der Waals surface area contributed by atoms with E-state index in [4.69, 9.17) is 9.15 Å². The number of hydrogen-bond donors (Lipinski definition) is 1. The number of rotatable bonds is 3. The molecule has 3 aromatic rings. The summed E-state index contributed by atoms with van der Waals surface area (Å²) in [4.78, 5) is 28.2. The molecule has 3 rings (SSSR count). The lowest BCUT2D eigenvalue weighted by Gasteiger charge is -2.08. The van der Waals surface area contributed by atoms with E-state index >= 15 is 0 Å². The normalized spacial score (nSPS) is 10.4. The van der Waals surface area contributed by atoms with Gasteiger partial charge in [0, 0.05) is 18.3 Å². The average Bonchev–Trinajstić information content (AvgIpc) is 2.55. The van der Waals surface area contributed by atoms with Crippen LogP contribution in [0.1, 0.15) is 10.6 Å². The number of carbonyl (C=O) groups excluding carboxylic acids is 1. The Morgan fingerprint density at radius 1 is 1.27 bits per heavy atom. The maximum Gasteiger partial charge on any atom is 0.291 e. The van der Waals surface area contributed by atoms with E-state index in [0.29, 0.717) is 22.4 Å². The molecule has 1 amide bonds. The van der Waals surface area contributed by atoms with Gasteiger partial charge in [0.2, 0.25) is 0 Å². The Morgan fingerprint density at radius 3 is 2.91 bits per heavy atom. The summed E-state index contributed by atoms with van der Waals surface area (Å²) in [5.41, 5.74) is 0.481. The number of nitrogens with one attached hydrogen (secondary N) is 1. The third kappa shape index (κ3) is 2.54. The highest BCUT2D eigenvalue weighted by Gasteiger charge is 2.14. The van der Waals surface area contributed by atoms with Crippen molar-refractivity contribution in [3.8, 4) is 5.75 Å². The van der Waals surface area contributed by atoms with E-state index in [-0.39, 0.29) is 11.2 Å². The summed E-state index contributed by atoms with van der Waals surface area (Å²) in [6.07, 6.45) is 3.00. The number of anilines is 1. The van der Waals surface area contributed by atoms with Crippen molar-refractivity contribution < 1.29 is 13.9 Å². The van der Waals surface area contributed by atoms with Gasteiger partial charge < -0.3 is 14.5 Å². The topological polar surface area (TPSA) is 81.4 Å². The SMILES string of the molecule is COc1ccncc1NC(=O)c1cc(=O)c2ccccc2o1. The molecule has 0 aliphatic carbocycles. The van der Waals surface area contributed by atoms with Gasteiger partial charge in [0.25, 0.3) is 5.91 Å². The van der Waals surface area contributed by atoms with Gasteiger partial charge in [-0.05, 0) is 12.1 Å². The van der Waals surface area contributed by atoms with E-state index < -0.39 is 5.91 Å². The van der Waals surface area contributed by atoms with Crippen LogP contribution in [0.2, 0.25) is 0 Å². The third-order valence-electron chi connectivity index (χ3n) is 3.11. The molecule has 6 nitrogen and oxygen atoms in total. The number of benzene rings is 1. The summed E-state index contributed by atoms with van der Waals surface area (Å²) in [7, 11) is 1.49. The summed E-state index contributed by atoms with van der Waals surface area (Å²) in [5.74, 6) is -0.157. The van der Waals surface area contributed by atoms with Gasteiger partial charge in [0.1, 0.15) is 17.0 Å². The van der Waals surface area contributed by atoms with Crippen LogP contribution >= 0.6 is 0 Å². The number of nitrogens with zero attached hydrogens (tertiary/aromatic N) is 1. The molecule has 6 heteroatoms. The van der Waals surface area contributed by atoms with Crippen LogP contribution in [0, 0.1) is 0 Å². The van der Waals surface area contributed by atoms with Gasteiger partial charge in [-0.3, -0.25) is 14.6 Å². The van der Waals surface area contributed by atoms with E-state index in [0.717, 1.165) is 0 Å². The number of carbonyl (C=O) groups is 1. The second-order valence-electron chi connectivity index (χ2n) is 4.50. The van der Waals surface area contributed by atoms with Crippen molar-refractivity contribution in [1.29, 1.82) is 0 Å². The van der Waals surface area contributed by atoms with Gasteiger partial charge >= 0.3 is 0 Å². The zero-order valence-corrected chi connectivity index (χ0v) is 11.7. The molecule has 2 aromatic heterocycles. The number of aromatic nitrogens is 1. The monoisotopic (exact) mass is 296 g/mol. The first-order valence-corrected chi connectivity index (χ1v) is 6.51. The van der Waals surface area contributed by atoms with Crippen LogP contribution in [0.4, 0.5) is 5.69 Å². The van der Waals surface area contributed by atoms with Crippen LogP contribution in [0.5, 0.6) is 5.75 Å². The molecule has 0 bridgehead atoms. The Hall–Kier alpha value is -3.15. The number of para-hydroxylation sites is 1. The smallest absolute Gasteiger partial charge is 0.291 e. The standard InChI is InChI=1S/C16H12N2O4/c1-21-14-6-7-17-9-11(14)18-16(20)15-8-12(19)10-4-2-3-5-13(10)22-15/h2-9H,1H3,(H,18,20). The Balaban J connectivity index is 1.97. The molecule has 0 spiro atoms. The fraction of sp³-hybridized carbons (Fsp3) is 0.0625. The second-order valence-corrected chi connectivity index (χ2v) is 4.50. The zero-order chi connectivity index (χ0) is 15.5. The Bertz CT molecular complexity index is 902. The van der Waals surface area contributed by atoms with Crippen molar-refractivity contribution in [2.75, 3.05) is 12.4 Å². The minimum absolute atomic E-state index is 0.0744. The fourth-order valence-electron chi connectivity index (χ4n) is 2.05. The van der Waals surface area contributed by atoms with Gasteiger partial charge in [-0.1, -0.05) is 12.1 Å². The maximum atomic E-state index is 12.3. The number of ether oxygens (including phenoxy) is 1. The van der Waals surface area contributed by atoms with Crippen molar-refractivity contribution in [3.63, 3.8) is 0 Å². The molecule has 110 valence electrons. The first-order valence-electron chi connectivity index (χ1n) is 6.51. The van der Waals surface area contributed by atoms with E-state index in [1.807, 2.05) is 0 Å². The highest BCUT2D eigenvalue weighted by Crippen LogP contribution is 2.22. The molecule has 0 aliphatic rings. The van der Waals surface area contributed by atoms with Crippen LogP contribution in [0.3, 0.4) is 0 Å². The molecule has 1 aromatic carbocycles. The number of methoxy groups -OCH3 is 1. The van der Waals surface area contributed by atoms with Gasteiger partial charge in [0.15, 0.2) is 11.2 Å². The molecule has 0 saturated carbocycles. The molecule has 0 aliphatic heterocycles. The highest BCUT2D eigenvalue weighted by molar-refractivity contribution is 6.03. The quantitative estimate of drug-likeness (QED) is 0.803. The fourth-order valence-corrected chi connectivity index (χ4v) is 2.05. The molecule has 0 saturated heterocycles. The molecule has 0 fully saturated rings. The molecule has 22 heavy (non-hydrogen) atoms. The van der Waals surface area contributed by atoms with Gasteiger partial charge in [-0.15, -0.1) is 0 Å². The lowest BCUT2D eigenvalue weighted by molar-refractivity contribution is 0.0996. The van der Waals surface area contributed by atoms with Crippen molar-refractivity contribution in [3.05, 3.63) is 64.8 Å². The van der Waals surface area contributed by atoms with Crippen molar-refractivity contribution in [1.82, 2.24) is 4.98 Å². The zero-order valence-electron chi connectivity index (χ0n) is 11.7. The number of amides is 1. The van der Waals surface area contributed by atoms with Gasteiger partial charge in [-0.25, -0.2) is 0 Å². The van der Waals surface area contributed by atoms with Crippen LogP contribution in [-0.2, 0) is 0 Å². The van der Waals surface area contributed by atoms with Crippen LogP contribution in [0.25, 0.3) is 11.0 Å². The van der Waals surface area contributed by atoms with Crippen LogP contribution in [0.15, 0.2) is 58.0 Å². The lowest BCUT2D eigenvalue weighted by Crippen LogP contribution is -2.15. The summed E-state index contributed by atoms with van der Waals surface area (Å²) < 4.78 is 10.6. The number of pyridine rings is 1. The highest BCUT2D eigenvalue weighted by atomic mass is 16.5. The summed E-state index contributed by atoms with van der Waals surface area (Å²) in [6.45, 7) is 0. The van der Waals surface area contributed by atoms with E-state index in [1.54, 1.807) is 36.5 Å². The summed E-state index contributed by atoms with van der Waals surface area (Å²) in [6, 6.07) is 9.54. The maximum absolute atomic E-state index is 12.3. The molecule has 0 atom stereocenters. The van der Waals surface area contributed by atoms with E-state index in [2.05, 4.69) is 10.3 Å². The number of fused-ring (bicyclic) bond motifs is 1. The van der Waals surface area contributed by atoms with E-state index in [9.17, 15) is 9.59 Å². The van der Waals surface area contributed by atoms with Crippen LogP contribution in [-0.4, -0.2) is 18.0 Å². The minimum Gasteiger partial charge on any atom is -0.494 e. The van der Waals surface area contributed by atoms with Crippen molar-refractivity contribution in [2.24, 2.45) is 0 Å². The predicted octanol–water partition coefficient (Wildman–Crippen LogP) is 2.45. The molecule has 1 N–H and O–H groups in total. The Morgan fingerprint density at radius 2 is 2.09 bits per heavy atom. The molecular formula is C16H12N2O4. The number of hydrogen-bond acceptors (Lipinski definition) is 5. The van der Waals surface area contributed by atoms with Gasteiger partial charge in [-0.2, -0.15) is 0 Å². The molecular weight excluding hydrogens is 284 g/mol. The molecule has 0 unspecified atom stereocenters. The average molecular weight is 296 g/mol. The minimum atomic E-state index is -0.547. The predicted molar refractivity (Wildman–Crippen MR) is 81.2 cm³/mol. The van der Waals surface area contributed by atoms with Crippen molar-refractivity contribution >= 4 is 22.6 Å². The van der Waals surface area contributed by atoms with Crippen molar-refractivity contribution in [2.45, 2.75) is 0 Å². The largest absolute Gasteiger partial charge is 0.494 e. The summed E-state index contributed by atoms with van der Waals surface area (Å²) >= 11 is 0. The summed E-state index contributed by atoms with van der Waals surface area (Å²) in [5, 5.41) is 3.04. The lowest BCUT2D eigenvalue weighted by atomic mass is 10.2. The second kappa shape index (κ2) is 5.69. The first kappa shape index (κ1) is 13.8. The molecule has 0 radical (unpaired) electrons. The Kier molecular flexibility index (Phi) is 3.57. The van der Waals surface area contributed by atoms with Gasteiger partial charge in [0.05, 0.1) is 18.7 Å². The molecule has 2 heterocycles. The van der Waals surface area contributed by atoms with E-state index in [1.165, 1.54) is 19.4 Å². The first-order chi connectivity index (χ1) is 10.7. The third-order valence-corrected chi connectivity index (χ3v) is 3.11.